The van der Waals surface area contributed by atoms with Crippen molar-refractivity contribution in [3.05, 3.63) is 28.9 Å². The number of hydrogen-bond acceptors (Lipinski definition) is 6. The maximum absolute atomic E-state index is 12.2. The molecular formula is C13H11F3N4O2S. The zero-order valence-electron chi connectivity index (χ0n) is 11.6. The van der Waals surface area contributed by atoms with Gasteiger partial charge < -0.3 is 4.74 Å². The number of carbonyl (C=O) groups excluding carboxylic acids is 1. The van der Waals surface area contributed by atoms with E-state index in [4.69, 9.17) is 0 Å². The highest BCUT2D eigenvalue weighted by atomic mass is 32.1. The molecule has 3 rings (SSSR count). The largest absolute Gasteiger partial charge is 0.467 e. The van der Waals surface area contributed by atoms with Gasteiger partial charge in [-0.25, -0.2) is 4.98 Å². The molecule has 0 spiro atoms. The van der Waals surface area contributed by atoms with Gasteiger partial charge in [-0.15, -0.1) is 10.2 Å². The lowest BCUT2D eigenvalue weighted by Crippen LogP contribution is -2.21. The summed E-state index contributed by atoms with van der Waals surface area (Å²) in [6, 6.07) is 2.77. The molecule has 6 nitrogen and oxygen atoms in total. The van der Waals surface area contributed by atoms with E-state index in [9.17, 15) is 18.0 Å². The van der Waals surface area contributed by atoms with Gasteiger partial charge in [-0.05, 0) is 25.0 Å². The molecular weight excluding hydrogens is 333 g/mol. The summed E-state index contributed by atoms with van der Waals surface area (Å²) in [6.07, 6.45) is -1.15. The van der Waals surface area contributed by atoms with Gasteiger partial charge in [0.05, 0.1) is 0 Å². The average Bonchev–Trinajstić information content (AvgIpc) is 3.25. The van der Waals surface area contributed by atoms with Crippen LogP contribution in [0.15, 0.2) is 18.3 Å². The number of nitrogens with one attached hydrogen (secondary N) is 1. The number of alkyl halides is 3. The van der Waals surface area contributed by atoms with Gasteiger partial charge in [0.2, 0.25) is 11.0 Å². The van der Waals surface area contributed by atoms with E-state index in [-0.39, 0.29) is 11.4 Å². The van der Waals surface area contributed by atoms with E-state index < -0.39 is 18.7 Å². The average molecular weight is 344 g/mol. The predicted molar refractivity (Wildman–Crippen MR) is 75.6 cm³/mol. The van der Waals surface area contributed by atoms with Crippen LogP contribution in [0.3, 0.4) is 0 Å². The van der Waals surface area contributed by atoms with Gasteiger partial charge >= 0.3 is 6.18 Å². The minimum absolute atomic E-state index is 0.0973. The molecule has 2 heterocycles. The smallest absolute Gasteiger partial charge is 0.422 e. The SMILES string of the molecule is O=C(Nc1nnc(C2CC2)s1)c1cccnc1OCC(F)(F)F. The Morgan fingerprint density at radius 2 is 2.17 bits per heavy atom. The number of ether oxygens (including phenoxy) is 1. The molecule has 23 heavy (non-hydrogen) atoms. The molecule has 122 valence electrons. The summed E-state index contributed by atoms with van der Waals surface area (Å²) in [5.74, 6) is -0.620. The van der Waals surface area contributed by atoms with Crippen molar-refractivity contribution in [2.75, 3.05) is 11.9 Å². The summed E-state index contributed by atoms with van der Waals surface area (Å²) >= 11 is 1.25. The van der Waals surface area contributed by atoms with E-state index in [1.807, 2.05) is 0 Å². The molecule has 0 radical (unpaired) electrons. The molecule has 1 amide bonds. The van der Waals surface area contributed by atoms with Gasteiger partial charge in [0.1, 0.15) is 10.6 Å². The Labute approximate surface area is 132 Å². The van der Waals surface area contributed by atoms with Crippen LogP contribution in [0.4, 0.5) is 18.3 Å². The molecule has 0 atom stereocenters. The normalized spacial score (nSPS) is 14.6. The highest BCUT2D eigenvalue weighted by Crippen LogP contribution is 2.42. The van der Waals surface area contributed by atoms with E-state index in [1.54, 1.807) is 0 Å². The first-order valence-electron chi connectivity index (χ1n) is 6.72. The fourth-order valence-corrected chi connectivity index (χ4v) is 2.68. The van der Waals surface area contributed by atoms with Crippen molar-refractivity contribution >= 4 is 22.4 Å². The van der Waals surface area contributed by atoms with Crippen molar-refractivity contribution < 1.29 is 22.7 Å². The lowest BCUT2D eigenvalue weighted by Gasteiger charge is -2.11. The molecule has 10 heteroatoms. The molecule has 2 aromatic heterocycles. The number of rotatable bonds is 5. The van der Waals surface area contributed by atoms with Crippen molar-refractivity contribution in [2.45, 2.75) is 24.9 Å². The number of anilines is 1. The summed E-state index contributed by atoms with van der Waals surface area (Å²) in [5.41, 5.74) is -0.0973. The Balaban J connectivity index is 1.70. The van der Waals surface area contributed by atoms with Crippen LogP contribution in [0, 0.1) is 0 Å². The Morgan fingerprint density at radius 3 is 2.87 bits per heavy atom. The van der Waals surface area contributed by atoms with Crippen molar-refractivity contribution in [3.8, 4) is 5.88 Å². The first-order chi connectivity index (χ1) is 10.9. The van der Waals surface area contributed by atoms with Gasteiger partial charge in [-0.3, -0.25) is 10.1 Å². The van der Waals surface area contributed by atoms with Crippen LogP contribution in [0.1, 0.15) is 34.1 Å². The van der Waals surface area contributed by atoms with E-state index >= 15 is 0 Å². The molecule has 0 bridgehead atoms. The van der Waals surface area contributed by atoms with E-state index in [0.717, 1.165) is 17.8 Å². The number of carbonyl (C=O) groups is 1. The van der Waals surface area contributed by atoms with Crippen molar-refractivity contribution in [1.82, 2.24) is 15.2 Å². The van der Waals surface area contributed by atoms with Crippen LogP contribution in [0.2, 0.25) is 0 Å². The van der Waals surface area contributed by atoms with E-state index in [2.05, 4.69) is 25.2 Å². The summed E-state index contributed by atoms with van der Waals surface area (Å²) in [6.45, 7) is -1.52. The van der Waals surface area contributed by atoms with Gasteiger partial charge in [0, 0.05) is 12.1 Å². The van der Waals surface area contributed by atoms with Crippen LogP contribution in [-0.2, 0) is 0 Å². The van der Waals surface area contributed by atoms with Crippen LogP contribution < -0.4 is 10.1 Å². The fraction of sp³-hybridized carbons (Fsp3) is 0.385. The topological polar surface area (TPSA) is 77.0 Å². The molecule has 2 aromatic rings. The lowest BCUT2D eigenvalue weighted by molar-refractivity contribution is -0.154. The zero-order valence-corrected chi connectivity index (χ0v) is 12.4. The summed E-state index contributed by atoms with van der Waals surface area (Å²) in [5, 5.41) is 11.5. The highest BCUT2D eigenvalue weighted by molar-refractivity contribution is 7.15. The molecule has 1 N–H and O–H groups in total. The third-order valence-corrected chi connectivity index (χ3v) is 3.98. The number of hydrogen-bond donors (Lipinski definition) is 1. The number of nitrogens with zero attached hydrogens (tertiary/aromatic N) is 3. The van der Waals surface area contributed by atoms with Gasteiger partial charge in [0.25, 0.3) is 5.91 Å². The molecule has 0 aliphatic heterocycles. The summed E-state index contributed by atoms with van der Waals surface area (Å²) in [7, 11) is 0. The maximum atomic E-state index is 12.2. The Morgan fingerprint density at radius 1 is 1.39 bits per heavy atom. The van der Waals surface area contributed by atoms with Gasteiger partial charge in [-0.2, -0.15) is 13.2 Å². The zero-order chi connectivity index (χ0) is 16.4. The monoisotopic (exact) mass is 344 g/mol. The number of halogens is 3. The molecule has 1 aliphatic rings. The molecule has 1 aliphatic carbocycles. The molecule has 0 saturated heterocycles. The summed E-state index contributed by atoms with van der Waals surface area (Å²) in [4.78, 5) is 15.9. The molecule has 0 aromatic carbocycles. The lowest BCUT2D eigenvalue weighted by atomic mass is 10.2. The first-order valence-corrected chi connectivity index (χ1v) is 7.53. The Hall–Kier alpha value is -2.23. The molecule has 0 unspecified atom stereocenters. The number of aromatic nitrogens is 3. The second-order valence-corrected chi connectivity index (χ2v) is 5.94. The van der Waals surface area contributed by atoms with E-state index in [0.29, 0.717) is 11.0 Å². The highest BCUT2D eigenvalue weighted by Gasteiger charge is 2.30. The minimum Gasteiger partial charge on any atom is -0.467 e. The Kier molecular flexibility index (Phi) is 4.16. The van der Waals surface area contributed by atoms with E-state index in [1.165, 1.54) is 29.7 Å². The van der Waals surface area contributed by atoms with Crippen molar-refractivity contribution in [2.24, 2.45) is 0 Å². The fourth-order valence-electron chi connectivity index (χ4n) is 1.77. The van der Waals surface area contributed by atoms with Gasteiger partial charge in [0.15, 0.2) is 6.61 Å². The van der Waals surface area contributed by atoms with Crippen LogP contribution in [0.25, 0.3) is 0 Å². The van der Waals surface area contributed by atoms with Crippen molar-refractivity contribution in [3.63, 3.8) is 0 Å². The van der Waals surface area contributed by atoms with Crippen molar-refractivity contribution in [1.29, 1.82) is 0 Å². The third-order valence-electron chi connectivity index (χ3n) is 2.98. The minimum atomic E-state index is -4.51. The van der Waals surface area contributed by atoms with Gasteiger partial charge in [-0.1, -0.05) is 11.3 Å². The van der Waals surface area contributed by atoms with Crippen LogP contribution in [-0.4, -0.2) is 33.9 Å². The third kappa shape index (κ3) is 4.15. The quantitative estimate of drug-likeness (QED) is 0.902. The second-order valence-electron chi connectivity index (χ2n) is 4.93. The second kappa shape index (κ2) is 6.11. The Bertz CT molecular complexity index is 715. The van der Waals surface area contributed by atoms with Crippen LogP contribution >= 0.6 is 11.3 Å². The molecule has 1 fully saturated rings. The summed E-state index contributed by atoms with van der Waals surface area (Å²) < 4.78 is 41.3. The first kappa shape index (κ1) is 15.7. The van der Waals surface area contributed by atoms with Crippen LogP contribution in [0.5, 0.6) is 5.88 Å². The number of pyridine rings is 1. The standard InChI is InChI=1S/C13H11F3N4O2S/c14-13(15,16)6-22-10-8(2-1-5-17-10)9(21)18-12-20-19-11(23-12)7-3-4-7/h1-2,5,7H,3-4,6H2,(H,18,20,21). The number of amides is 1. The maximum Gasteiger partial charge on any atom is 0.422 e. The predicted octanol–water partition coefficient (Wildman–Crippen LogP) is 3.00. The molecule has 1 saturated carbocycles.